The molecule has 0 aliphatic carbocycles. The zero-order chi connectivity index (χ0) is 15.7. The molecule has 4 atom stereocenters. The van der Waals surface area contributed by atoms with Crippen molar-refractivity contribution >= 4 is 11.8 Å². The van der Waals surface area contributed by atoms with Gasteiger partial charge in [0.05, 0.1) is 0 Å². The topological polar surface area (TPSA) is 191 Å². The summed E-state index contributed by atoms with van der Waals surface area (Å²) < 4.78 is 0. The molecule has 0 rings (SSSR count). The molecule has 0 aliphatic rings. The minimum Gasteiger partial charge on any atom is -0.387 e. The lowest BCUT2D eigenvalue weighted by molar-refractivity contribution is -0.155. The van der Waals surface area contributed by atoms with Crippen molar-refractivity contribution in [3.05, 3.63) is 0 Å². The van der Waals surface area contributed by atoms with Crippen LogP contribution in [-0.2, 0) is 9.59 Å². The number of rotatable bonds is 9. The second-order valence-electron chi connectivity index (χ2n) is 4.03. The van der Waals surface area contributed by atoms with Gasteiger partial charge in [0, 0.05) is 26.2 Å². The lowest BCUT2D eigenvalue weighted by atomic mass is 10.0. The van der Waals surface area contributed by atoms with E-state index in [0.717, 1.165) is 0 Å². The van der Waals surface area contributed by atoms with Crippen LogP contribution < -0.4 is 22.1 Å². The average Bonchev–Trinajstić information content (AvgIpc) is 2.46. The van der Waals surface area contributed by atoms with E-state index in [0.29, 0.717) is 0 Å². The summed E-state index contributed by atoms with van der Waals surface area (Å²) in [4.78, 5) is 22.7. The van der Waals surface area contributed by atoms with E-state index in [2.05, 4.69) is 10.6 Å². The summed E-state index contributed by atoms with van der Waals surface area (Å²) in [6.45, 7) is 0.388. The third-order valence-corrected chi connectivity index (χ3v) is 2.42. The van der Waals surface area contributed by atoms with Crippen LogP contribution in [0, 0.1) is 0 Å². The van der Waals surface area contributed by atoms with Gasteiger partial charge in [-0.1, -0.05) is 0 Å². The molecule has 0 aliphatic heterocycles. The first kappa shape index (κ1) is 18.7. The second kappa shape index (κ2) is 9.58. The summed E-state index contributed by atoms with van der Waals surface area (Å²) in [6, 6.07) is 0. The molecule has 0 heterocycles. The zero-order valence-corrected chi connectivity index (χ0v) is 10.9. The summed E-state index contributed by atoms with van der Waals surface area (Å²) in [5.41, 5.74) is 10.3. The van der Waals surface area contributed by atoms with E-state index in [-0.39, 0.29) is 26.2 Å². The molecule has 0 aromatic heterocycles. The maximum absolute atomic E-state index is 11.3. The minimum absolute atomic E-state index is 0.0677. The monoisotopic (exact) mass is 294 g/mol. The maximum atomic E-state index is 11.3. The molecule has 0 spiro atoms. The van der Waals surface area contributed by atoms with Crippen LogP contribution in [0.4, 0.5) is 0 Å². The number of nitrogens with one attached hydrogen (secondary N) is 2. The van der Waals surface area contributed by atoms with Crippen molar-refractivity contribution in [2.24, 2.45) is 11.5 Å². The molecular formula is C10H22N4O6. The van der Waals surface area contributed by atoms with Gasteiger partial charge in [0.25, 0.3) is 11.8 Å². The lowest BCUT2D eigenvalue weighted by Crippen LogP contribution is -2.55. The predicted molar refractivity (Wildman–Crippen MR) is 68.2 cm³/mol. The normalized spacial score (nSPS) is 16.9. The van der Waals surface area contributed by atoms with E-state index < -0.39 is 36.2 Å². The Labute approximate surface area is 115 Å². The fraction of sp³-hybridized carbons (Fsp3) is 0.800. The van der Waals surface area contributed by atoms with Gasteiger partial charge in [-0.15, -0.1) is 0 Å². The van der Waals surface area contributed by atoms with Gasteiger partial charge in [-0.25, -0.2) is 0 Å². The van der Waals surface area contributed by atoms with Gasteiger partial charge in [-0.05, 0) is 0 Å². The molecule has 0 unspecified atom stereocenters. The zero-order valence-electron chi connectivity index (χ0n) is 10.9. The molecule has 2 amide bonds. The predicted octanol–water partition coefficient (Wildman–Crippen LogP) is -5.42. The Morgan fingerprint density at radius 3 is 1.35 bits per heavy atom. The first-order valence-electron chi connectivity index (χ1n) is 6.04. The van der Waals surface area contributed by atoms with Crippen LogP contribution in [0.2, 0.25) is 0 Å². The molecule has 0 saturated heterocycles. The Balaban J connectivity index is 4.46. The molecule has 10 heteroatoms. The van der Waals surface area contributed by atoms with E-state index in [4.69, 9.17) is 11.5 Å². The molecule has 0 bridgehead atoms. The second-order valence-corrected chi connectivity index (χ2v) is 4.03. The number of carbonyl (C=O) groups excluding carboxylic acids is 2. The Hall–Kier alpha value is -1.30. The van der Waals surface area contributed by atoms with E-state index in [1.807, 2.05) is 0 Å². The van der Waals surface area contributed by atoms with E-state index in [1.165, 1.54) is 0 Å². The number of amides is 2. The van der Waals surface area contributed by atoms with Crippen molar-refractivity contribution in [2.45, 2.75) is 24.4 Å². The highest BCUT2D eigenvalue weighted by Gasteiger charge is 2.37. The van der Waals surface area contributed by atoms with E-state index in [1.54, 1.807) is 0 Å². The van der Waals surface area contributed by atoms with Crippen molar-refractivity contribution in [2.75, 3.05) is 26.2 Å². The lowest BCUT2D eigenvalue weighted by Gasteiger charge is -2.25. The van der Waals surface area contributed by atoms with Gasteiger partial charge >= 0.3 is 0 Å². The van der Waals surface area contributed by atoms with E-state index in [9.17, 15) is 30.0 Å². The van der Waals surface area contributed by atoms with Crippen LogP contribution >= 0.6 is 0 Å². The Bertz CT molecular complexity index is 286. The van der Waals surface area contributed by atoms with Crippen molar-refractivity contribution in [1.29, 1.82) is 0 Å². The van der Waals surface area contributed by atoms with Gasteiger partial charge in [0.15, 0.2) is 12.2 Å². The van der Waals surface area contributed by atoms with Crippen molar-refractivity contribution in [3.63, 3.8) is 0 Å². The Kier molecular flexibility index (Phi) is 8.96. The summed E-state index contributed by atoms with van der Waals surface area (Å²) in [5, 5.41) is 42.4. The largest absolute Gasteiger partial charge is 0.387 e. The summed E-state index contributed by atoms with van der Waals surface area (Å²) in [5.74, 6) is -1.95. The number of hydrogen-bond acceptors (Lipinski definition) is 8. The van der Waals surface area contributed by atoms with E-state index >= 15 is 0 Å². The molecule has 20 heavy (non-hydrogen) atoms. The first-order chi connectivity index (χ1) is 9.36. The minimum atomic E-state index is -2.04. The smallest absolute Gasteiger partial charge is 0.251 e. The summed E-state index contributed by atoms with van der Waals surface area (Å²) in [7, 11) is 0. The number of hydrogen-bond donors (Lipinski definition) is 8. The van der Waals surface area contributed by atoms with Gasteiger partial charge in [0.2, 0.25) is 0 Å². The number of carbonyl (C=O) groups is 2. The fourth-order valence-electron chi connectivity index (χ4n) is 1.28. The number of aliphatic hydroxyl groups excluding tert-OH is 4. The molecule has 0 aromatic rings. The highest BCUT2D eigenvalue weighted by atomic mass is 16.4. The molecule has 0 radical (unpaired) electrons. The highest BCUT2D eigenvalue weighted by molar-refractivity contribution is 5.83. The van der Waals surface area contributed by atoms with Gasteiger partial charge in [0.1, 0.15) is 12.2 Å². The molecule has 0 saturated carbocycles. The van der Waals surface area contributed by atoms with Gasteiger partial charge in [-0.2, -0.15) is 0 Å². The Morgan fingerprint density at radius 2 is 1.10 bits per heavy atom. The molecule has 10 nitrogen and oxygen atoms in total. The average molecular weight is 294 g/mol. The number of nitrogens with two attached hydrogens (primary N) is 2. The summed E-state index contributed by atoms with van der Waals surface area (Å²) in [6.07, 6.45) is -8.08. The molecule has 0 aromatic carbocycles. The third-order valence-electron chi connectivity index (χ3n) is 2.42. The van der Waals surface area contributed by atoms with Crippen LogP contribution in [0.3, 0.4) is 0 Å². The molecular weight excluding hydrogens is 272 g/mol. The van der Waals surface area contributed by atoms with Crippen LogP contribution in [0.25, 0.3) is 0 Å². The Morgan fingerprint density at radius 1 is 0.800 bits per heavy atom. The maximum Gasteiger partial charge on any atom is 0.251 e. The highest BCUT2D eigenvalue weighted by Crippen LogP contribution is 2.06. The van der Waals surface area contributed by atoms with Crippen LogP contribution in [0.1, 0.15) is 0 Å². The van der Waals surface area contributed by atoms with Crippen LogP contribution in [0.5, 0.6) is 0 Å². The molecule has 118 valence electrons. The first-order valence-corrected chi connectivity index (χ1v) is 6.04. The van der Waals surface area contributed by atoms with Crippen molar-refractivity contribution < 1.29 is 30.0 Å². The SMILES string of the molecule is NCCNC(=O)[C@@H](O)[C@@H](O)[C@H](O)[C@@H](O)C(=O)NCCN. The van der Waals surface area contributed by atoms with Gasteiger partial charge < -0.3 is 42.5 Å². The van der Waals surface area contributed by atoms with Crippen LogP contribution in [0.15, 0.2) is 0 Å². The standard InChI is InChI=1S/C10H22N4O6/c11-1-3-13-9(19)7(17)5(15)6(16)8(18)10(20)14-4-2-12/h5-8,15-18H,1-4,11-12H2,(H,13,19)(H,14,20)/t5-,6-,7-,8+/m0/s1. The van der Waals surface area contributed by atoms with Crippen LogP contribution in [-0.4, -0.2) is 82.8 Å². The number of aliphatic hydroxyl groups is 4. The van der Waals surface area contributed by atoms with Crippen molar-refractivity contribution in [3.8, 4) is 0 Å². The quantitative estimate of drug-likeness (QED) is 0.206. The van der Waals surface area contributed by atoms with Gasteiger partial charge in [-0.3, -0.25) is 9.59 Å². The van der Waals surface area contributed by atoms with Crippen molar-refractivity contribution in [1.82, 2.24) is 10.6 Å². The molecule has 10 N–H and O–H groups in total. The summed E-state index contributed by atoms with van der Waals surface area (Å²) >= 11 is 0. The molecule has 0 fully saturated rings. The fourth-order valence-corrected chi connectivity index (χ4v) is 1.28. The third kappa shape index (κ3) is 5.77.